The molecule has 1 aromatic carbocycles. The van der Waals surface area contributed by atoms with E-state index < -0.39 is 5.54 Å². The summed E-state index contributed by atoms with van der Waals surface area (Å²) in [6.07, 6.45) is 6.99. The zero-order valence-electron chi connectivity index (χ0n) is 14.6. The standard InChI is InChI=1S/C17H15N5S.C2H6/c1-17(15-5-6-20-22(15)10-16(23)21-17)14-4-2-3-12(7-14)13-8-18-11-19-9-13;1-2/h2-9,11H,10H2,1H3,(H,21,23);1-2H3. The van der Waals surface area contributed by atoms with Gasteiger partial charge in [-0.05, 0) is 30.2 Å². The highest BCUT2D eigenvalue weighted by Gasteiger charge is 2.36. The number of hydrogen-bond acceptors (Lipinski definition) is 4. The van der Waals surface area contributed by atoms with Crippen LogP contribution in [0.2, 0.25) is 0 Å². The molecule has 4 rings (SSSR count). The number of nitrogens with zero attached hydrogens (tertiary/aromatic N) is 4. The number of aromatic nitrogens is 4. The average molecular weight is 351 g/mol. The fourth-order valence-corrected chi connectivity index (χ4v) is 3.41. The topological polar surface area (TPSA) is 55.6 Å². The third-order valence-corrected chi connectivity index (χ3v) is 4.48. The summed E-state index contributed by atoms with van der Waals surface area (Å²) in [4.78, 5) is 8.99. The van der Waals surface area contributed by atoms with Gasteiger partial charge in [-0.2, -0.15) is 5.10 Å². The maximum absolute atomic E-state index is 5.43. The summed E-state index contributed by atoms with van der Waals surface area (Å²) in [7, 11) is 0. The Kier molecular flexibility index (Phi) is 4.90. The Balaban J connectivity index is 0.000000880. The smallest absolute Gasteiger partial charge is 0.115 e. The van der Waals surface area contributed by atoms with Crippen LogP contribution in [0.3, 0.4) is 0 Å². The van der Waals surface area contributed by atoms with E-state index in [1.54, 1.807) is 0 Å². The maximum Gasteiger partial charge on any atom is 0.115 e. The van der Waals surface area contributed by atoms with Gasteiger partial charge in [0.2, 0.25) is 0 Å². The van der Waals surface area contributed by atoms with Crippen LogP contribution >= 0.6 is 12.2 Å². The van der Waals surface area contributed by atoms with Crippen LogP contribution in [0.1, 0.15) is 32.0 Å². The molecule has 0 aliphatic carbocycles. The zero-order chi connectivity index (χ0) is 17.9. The fourth-order valence-electron chi connectivity index (χ4n) is 3.08. The molecule has 1 unspecified atom stereocenters. The molecule has 1 aliphatic heterocycles. The molecule has 1 aliphatic rings. The van der Waals surface area contributed by atoms with Gasteiger partial charge >= 0.3 is 0 Å². The lowest BCUT2D eigenvalue weighted by Crippen LogP contribution is -2.50. The van der Waals surface area contributed by atoms with Crippen LogP contribution in [0.5, 0.6) is 0 Å². The summed E-state index contributed by atoms with van der Waals surface area (Å²) in [5, 5.41) is 7.85. The van der Waals surface area contributed by atoms with Crippen LogP contribution in [-0.4, -0.2) is 24.7 Å². The van der Waals surface area contributed by atoms with E-state index in [1.165, 1.54) is 6.33 Å². The van der Waals surface area contributed by atoms with Crippen molar-refractivity contribution in [2.24, 2.45) is 0 Å². The van der Waals surface area contributed by atoms with Gasteiger partial charge in [0.05, 0.1) is 17.2 Å². The Bertz CT molecular complexity index is 874. The first-order chi connectivity index (χ1) is 12.2. The summed E-state index contributed by atoms with van der Waals surface area (Å²) in [5.74, 6) is 0. The van der Waals surface area contributed by atoms with Gasteiger partial charge in [0.25, 0.3) is 0 Å². The first-order valence-electron chi connectivity index (χ1n) is 8.36. The Morgan fingerprint density at radius 3 is 2.64 bits per heavy atom. The lowest BCUT2D eigenvalue weighted by Gasteiger charge is -2.37. The van der Waals surface area contributed by atoms with Crippen molar-refractivity contribution in [3.63, 3.8) is 0 Å². The third-order valence-electron chi connectivity index (χ3n) is 4.25. The van der Waals surface area contributed by atoms with Gasteiger partial charge in [-0.1, -0.05) is 44.3 Å². The van der Waals surface area contributed by atoms with E-state index in [4.69, 9.17) is 12.2 Å². The molecule has 5 nitrogen and oxygen atoms in total. The summed E-state index contributed by atoms with van der Waals surface area (Å²) >= 11 is 5.43. The highest BCUT2D eigenvalue weighted by molar-refractivity contribution is 7.80. The second-order valence-electron chi connectivity index (χ2n) is 5.76. The molecule has 128 valence electrons. The van der Waals surface area contributed by atoms with Crippen molar-refractivity contribution in [1.82, 2.24) is 25.1 Å². The van der Waals surface area contributed by atoms with Crippen molar-refractivity contribution >= 4 is 17.2 Å². The molecule has 1 atom stereocenters. The number of rotatable bonds is 2. The van der Waals surface area contributed by atoms with E-state index in [0.717, 1.165) is 27.4 Å². The van der Waals surface area contributed by atoms with Crippen LogP contribution in [0.4, 0.5) is 0 Å². The van der Waals surface area contributed by atoms with Crippen molar-refractivity contribution in [2.75, 3.05) is 0 Å². The van der Waals surface area contributed by atoms with Crippen molar-refractivity contribution in [3.05, 3.63) is 66.5 Å². The Labute approximate surface area is 153 Å². The lowest BCUT2D eigenvalue weighted by atomic mass is 9.85. The van der Waals surface area contributed by atoms with Crippen molar-refractivity contribution in [2.45, 2.75) is 32.9 Å². The molecule has 0 spiro atoms. The van der Waals surface area contributed by atoms with Crippen LogP contribution in [0.25, 0.3) is 11.1 Å². The van der Waals surface area contributed by atoms with Gasteiger partial charge in [-0.25, -0.2) is 9.97 Å². The normalized spacial score (nSPS) is 18.6. The number of hydrogen-bond donors (Lipinski definition) is 1. The van der Waals surface area contributed by atoms with Crippen molar-refractivity contribution < 1.29 is 0 Å². The van der Waals surface area contributed by atoms with Gasteiger partial charge in [0.15, 0.2) is 0 Å². The predicted molar refractivity (Wildman–Crippen MR) is 103 cm³/mol. The summed E-state index contributed by atoms with van der Waals surface area (Å²) in [5.41, 5.74) is 3.89. The molecule has 0 amide bonds. The molecule has 0 fully saturated rings. The van der Waals surface area contributed by atoms with Gasteiger partial charge in [-0.3, -0.25) is 4.68 Å². The number of benzene rings is 1. The van der Waals surface area contributed by atoms with E-state index in [9.17, 15) is 0 Å². The summed E-state index contributed by atoms with van der Waals surface area (Å²) < 4.78 is 1.96. The second kappa shape index (κ2) is 7.11. The molecule has 1 N–H and O–H groups in total. The minimum absolute atomic E-state index is 0.405. The van der Waals surface area contributed by atoms with Gasteiger partial charge in [0, 0.05) is 24.2 Å². The van der Waals surface area contributed by atoms with Gasteiger partial charge in [0.1, 0.15) is 11.9 Å². The molecule has 6 heteroatoms. The highest BCUT2D eigenvalue weighted by Crippen LogP contribution is 2.33. The molecule has 25 heavy (non-hydrogen) atoms. The Morgan fingerprint density at radius 2 is 1.88 bits per heavy atom. The summed E-state index contributed by atoms with van der Waals surface area (Å²) in [6.45, 7) is 6.76. The molecule has 3 aromatic rings. The first-order valence-corrected chi connectivity index (χ1v) is 8.77. The second-order valence-corrected chi connectivity index (χ2v) is 6.25. The first kappa shape index (κ1) is 17.2. The third kappa shape index (κ3) is 3.17. The molecule has 0 radical (unpaired) electrons. The Hall–Kier alpha value is -2.60. The quantitative estimate of drug-likeness (QED) is 0.716. The van der Waals surface area contributed by atoms with E-state index in [-0.39, 0.29) is 0 Å². The minimum atomic E-state index is -0.405. The predicted octanol–water partition coefficient (Wildman–Crippen LogP) is 3.56. The highest BCUT2D eigenvalue weighted by atomic mass is 32.1. The molecule has 2 aromatic heterocycles. The molecular formula is C19H21N5S. The van der Waals surface area contributed by atoms with Gasteiger partial charge in [-0.15, -0.1) is 0 Å². The Morgan fingerprint density at radius 1 is 1.12 bits per heavy atom. The monoisotopic (exact) mass is 351 g/mol. The van der Waals surface area contributed by atoms with Crippen LogP contribution in [0, 0.1) is 0 Å². The van der Waals surface area contributed by atoms with Crippen molar-refractivity contribution in [3.8, 4) is 11.1 Å². The molecular weight excluding hydrogens is 330 g/mol. The van der Waals surface area contributed by atoms with Crippen LogP contribution < -0.4 is 5.32 Å². The fraction of sp³-hybridized carbons (Fsp3) is 0.263. The largest absolute Gasteiger partial charge is 0.363 e. The van der Waals surface area contributed by atoms with E-state index in [0.29, 0.717) is 6.54 Å². The number of thiocarbonyl (C=S) groups is 1. The lowest BCUT2D eigenvalue weighted by molar-refractivity contribution is 0.441. The maximum atomic E-state index is 5.43. The SMILES string of the molecule is CC.CC1(c2cccc(-c3cncnc3)c2)NC(=S)Cn2nccc21. The van der Waals surface area contributed by atoms with Crippen LogP contribution in [0.15, 0.2) is 55.2 Å². The van der Waals surface area contributed by atoms with E-state index in [1.807, 2.05) is 49.3 Å². The van der Waals surface area contributed by atoms with E-state index in [2.05, 4.69) is 45.5 Å². The number of fused-ring (bicyclic) bond motifs is 1. The molecule has 0 saturated carbocycles. The number of nitrogens with one attached hydrogen (secondary N) is 1. The molecule has 0 bridgehead atoms. The molecule has 0 saturated heterocycles. The molecule has 3 heterocycles. The summed E-state index contributed by atoms with van der Waals surface area (Å²) in [6, 6.07) is 10.4. The van der Waals surface area contributed by atoms with Crippen LogP contribution in [-0.2, 0) is 12.1 Å². The minimum Gasteiger partial charge on any atom is -0.363 e. The van der Waals surface area contributed by atoms with Gasteiger partial charge < -0.3 is 5.32 Å². The average Bonchev–Trinajstić information content (AvgIpc) is 3.13. The van der Waals surface area contributed by atoms with E-state index >= 15 is 0 Å². The zero-order valence-corrected chi connectivity index (χ0v) is 15.4. The van der Waals surface area contributed by atoms with Crippen molar-refractivity contribution in [1.29, 1.82) is 0 Å².